The van der Waals surface area contributed by atoms with Crippen LogP contribution in [-0.2, 0) is 16.1 Å². The minimum atomic E-state index is -0.857. The number of nitro groups is 1. The maximum atomic E-state index is 12.3. The summed E-state index contributed by atoms with van der Waals surface area (Å²) in [6, 6.07) is 6.13. The van der Waals surface area contributed by atoms with Crippen LogP contribution in [0.5, 0.6) is 0 Å². The van der Waals surface area contributed by atoms with E-state index in [9.17, 15) is 19.7 Å². The molecule has 0 saturated carbocycles. The fourth-order valence-corrected chi connectivity index (χ4v) is 2.17. The Bertz CT molecular complexity index is 554. The van der Waals surface area contributed by atoms with Gasteiger partial charge in [0.05, 0.1) is 4.92 Å². The van der Waals surface area contributed by atoms with Crippen molar-refractivity contribution in [2.24, 2.45) is 0 Å². The zero-order valence-corrected chi connectivity index (χ0v) is 13.4. The number of amides is 1. The summed E-state index contributed by atoms with van der Waals surface area (Å²) < 4.78 is 0. The fraction of sp³-hybridized carbons (Fsp3) is 0.500. The lowest BCUT2D eigenvalue weighted by atomic mass is 10.1. The van der Waals surface area contributed by atoms with E-state index in [0.717, 1.165) is 5.56 Å². The number of aliphatic carboxylic acids is 1. The highest BCUT2D eigenvalue weighted by Crippen LogP contribution is 2.16. The zero-order valence-electron chi connectivity index (χ0n) is 13.4. The van der Waals surface area contributed by atoms with Gasteiger partial charge in [0.25, 0.3) is 5.69 Å². The van der Waals surface area contributed by atoms with E-state index in [1.54, 1.807) is 17.0 Å². The molecule has 7 nitrogen and oxygen atoms in total. The third-order valence-electron chi connectivity index (χ3n) is 3.48. The number of carboxylic acid groups (broad SMARTS) is 1. The maximum Gasteiger partial charge on any atom is 0.303 e. The first-order valence-electron chi connectivity index (χ1n) is 7.56. The Hall–Kier alpha value is -2.44. The van der Waals surface area contributed by atoms with E-state index in [1.165, 1.54) is 12.1 Å². The predicted octanol–water partition coefficient (Wildman–Crippen LogP) is 2.98. The molecule has 1 aromatic rings. The molecule has 1 aromatic carbocycles. The van der Waals surface area contributed by atoms with E-state index in [-0.39, 0.29) is 24.1 Å². The Morgan fingerprint density at radius 2 is 1.74 bits per heavy atom. The fourth-order valence-electron chi connectivity index (χ4n) is 2.17. The van der Waals surface area contributed by atoms with Gasteiger partial charge in [-0.3, -0.25) is 19.7 Å². The molecule has 0 aliphatic rings. The molecule has 0 fully saturated rings. The molecule has 0 atom stereocenters. The monoisotopic (exact) mass is 322 g/mol. The Kier molecular flexibility index (Phi) is 7.18. The number of nitrogens with zero attached hydrogens (tertiary/aromatic N) is 2. The highest BCUT2D eigenvalue weighted by molar-refractivity contribution is 5.76. The second-order valence-electron chi connectivity index (χ2n) is 5.64. The lowest BCUT2D eigenvalue weighted by Crippen LogP contribution is -2.36. The van der Waals surface area contributed by atoms with Gasteiger partial charge in [-0.05, 0) is 32.3 Å². The third-order valence-corrected chi connectivity index (χ3v) is 3.48. The van der Waals surface area contributed by atoms with Crippen molar-refractivity contribution < 1.29 is 19.6 Å². The molecule has 0 heterocycles. The summed E-state index contributed by atoms with van der Waals surface area (Å²) in [6.07, 6.45) is 1.38. The summed E-state index contributed by atoms with van der Waals surface area (Å²) >= 11 is 0. The number of carbonyl (C=O) groups excluding carboxylic acids is 1. The van der Waals surface area contributed by atoms with Gasteiger partial charge in [-0.15, -0.1) is 0 Å². The van der Waals surface area contributed by atoms with Crippen LogP contribution < -0.4 is 0 Å². The van der Waals surface area contributed by atoms with Crippen molar-refractivity contribution in [2.45, 2.75) is 52.1 Å². The summed E-state index contributed by atoms with van der Waals surface area (Å²) in [5.41, 5.74) is 0.841. The molecule has 1 rings (SSSR count). The van der Waals surface area contributed by atoms with Gasteiger partial charge >= 0.3 is 5.97 Å². The van der Waals surface area contributed by atoms with Crippen LogP contribution in [0.15, 0.2) is 24.3 Å². The third kappa shape index (κ3) is 6.46. The number of rotatable bonds is 9. The maximum absolute atomic E-state index is 12.3. The smallest absolute Gasteiger partial charge is 0.303 e. The Morgan fingerprint density at radius 1 is 1.17 bits per heavy atom. The molecular weight excluding hydrogens is 300 g/mol. The number of unbranched alkanes of at least 4 members (excludes halogenated alkanes) is 1. The van der Waals surface area contributed by atoms with Crippen molar-refractivity contribution >= 4 is 17.6 Å². The topological polar surface area (TPSA) is 101 Å². The van der Waals surface area contributed by atoms with Gasteiger partial charge in [0.2, 0.25) is 5.91 Å². The minimum absolute atomic E-state index is 0.00262. The van der Waals surface area contributed by atoms with Crippen LogP contribution in [-0.4, -0.2) is 32.8 Å². The molecule has 0 aliphatic carbocycles. The van der Waals surface area contributed by atoms with Crippen molar-refractivity contribution in [3.8, 4) is 0 Å². The highest BCUT2D eigenvalue weighted by Gasteiger charge is 2.17. The van der Waals surface area contributed by atoms with Crippen LogP contribution in [0.3, 0.4) is 0 Å². The molecule has 0 aromatic heterocycles. The number of benzene rings is 1. The molecule has 0 aliphatic heterocycles. The average Bonchev–Trinajstić information content (AvgIpc) is 2.48. The summed E-state index contributed by atoms with van der Waals surface area (Å²) in [5.74, 6) is -0.896. The minimum Gasteiger partial charge on any atom is -0.481 e. The van der Waals surface area contributed by atoms with Crippen molar-refractivity contribution in [3.63, 3.8) is 0 Å². The highest BCUT2D eigenvalue weighted by atomic mass is 16.6. The molecule has 1 amide bonds. The lowest BCUT2D eigenvalue weighted by molar-refractivity contribution is -0.384. The predicted molar refractivity (Wildman–Crippen MR) is 84.9 cm³/mol. The second-order valence-corrected chi connectivity index (χ2v) is 5.64. The van der Waals surface area contributed by atoms with E-state index >= 15 is 0 Å². The number of carboxylic acids is 1. The average molecular weight is 322 g/mol. The summed E-state index contributed by atoms with van der Waals surface area (Å²) in [6.45, 7) is 4.19. The summed E-state index contributed by atoms with van der Waals surface area (Å²) in [5, 5.41) is 19.2. The first kappa shape index (κ1) is 18.6. The van der Waals surface area contributed by atoms with Crippen LogP contribution in [0.4, 0.5) is 5.69 Å². The van der Waals surface area contributed by atoms with Gasteiger partial charge in [-0.2, -0.15) is 0 Å². The molecule has 23 heavy (non-hydrogen) atoms. The number of carbonyl (C=O) groups is 2. The van der Waals surface area contributed by atoms with Crippen LogP contribution in [0, 0.1) is 10.1 Å². The van der Waals surface area contributed by atoms with Gasteiger partial charge < -0.3 is 10.0 Å². The molecule has 0 radical (unpaired) electrons. The molecule has 0 saturated heterocycles. The van der Waals surface area contributed by atoms with E-state index in [1.807, 2.05) is 13.8 Å². The number of non-ortho nitro benzene ring substituents is 1. The van der Waals surface area contributed by atoms with E-state index in [0.29, 0.717) is 25.8 Å². The lowest BCUT2D eigenvalue weighted by Gasteiger charge is -2.27. The van der Waals surface area contributed by atoms with Crippen molar-refractivity contribution in [2.75, 3.05) is 0 Å². The Labute approximate surface area is 135 Å². The van der Waals surface area contributed by atoms with Gasteiger partial charge in [-0.25, -0.2) is 0 Å². The SMILES string of the molecule is CC(C)N(Cc1ccc([N+](=O)[O-])cc1)C(=O)CCCCC(=O)O. The molecule has 0 unspecified atom stereocenters. The first-order chi connectivity index (χ1) is 10.8. The first-order valence-corrected chi connectivity index (χ1v) is 7.56. The molecule has 0 bridgehead atoms. The quantitative estimate of drug-likeness (QED) is 0.428. The van der Waals surface area contributed by atoms with Crippen molar-refractivity contribution in [3.05, 3.63) is 39.9 Å². The molecule has 0 spiro atoms. The van der Waals surface area contributed by atoms with Crippen LogP contribution >= 0.6 is 0 Å². The standard InChI is InChI=1S/C16H22N2O5/c1-12(2)17(15(19)5-3-4-6-16(20)21)11-13-7-9-14(10-8-13)18(22)23/h7-10,12H,3-6,11H2,1-2H3,(H,20,21). The van der Waals surface area contributed by atoms with Gasteiger partial charge in [0.1, 0.15) is 0 Å². The number of hydrogen-bond acceptors (Lipinski definition) is 4. The van der Waals surface area contributed by atoms with E-state index in [4.69, 9.17) is 5.11 Å². The molecule has 7 heteroatoms. The van der Waals surface area contributed by atoms with Crippen LogP contribution in [0.2, 0.25) is 0 Å². The van der Waals surface area contributed by atoms with Crippen molar-refractivity contribution in [1.82, 2.24) is 4.90 Å². The zero-order chi connectivity index (χ0) is 17.4. The largest absolute Gasteiger partial charge is 0.481 e. The second kappa shape index (κ2) is 8.87. The van der Waals surface area contributed by atoms with Gasteiger partial charge in [-0.1, -0.05) is 12.1 Å². The van der Waals surface area contributed by atoms with E-state index in [2.05, 4.69) is 0 Å². The molecule has 126 valence electrons. The van der Waals surface area contributed by atoms with Crippen LogP contribution in [0.25, 0.3) is 0 Å². The Balaban J connectivity index is 2.61. The number of nitro benzene ring substituents is 1. The normalized spacial score (nSPS) is 10.6. The van der Waals surface area contributed by atoms with Gasteiger partial charge in [0.15, 0.2) is 0 Å². The van der Waals surface area contributed by atoms with Gasteiger partial charge in [0, 0.05) is 37.6 Å². The van der Waals surface area contributed by atoms with Crippen LogP contribution in [0.1, 0.15) is 45.1 Å². The molecular formula is C16H22N2O5. The van der Waals surface area contributed by atoms with Crippen molar-refractivity contribution in [1.29, 1.82) is 0 Å². The van der Waals surface area contributed by atoms with E-state index < -0.39 is 10.9 Å². The summed E-state index contributed by atoms with van der Waals surface area (Å²) in [4.78, 5) is 34.6. The molecule has 1 N–H and O–H groups in total. The Morgan fingerprint density at radius 3 is 2.22 bits per heavy atom. The number of hydrogen-bond donors (Lipinski definition) is 1. The summed E-state index contributed by atoms with van der Waals surface area (Å²) in [7, 11) is 0.